The summed E-state index contributed by atoms with van der Waals surface area (Å²) >= 11 is 0. The molecule has 2 saturated heterocycles. The van der Waals surface area contributed by atoms with Gasteiger partial charge in [-0.05, 0) is 50.8 Å². The highest BCUT2D eigenvalue weighted by molar-refractivity contribution is 5.85. The number of hydrogen-bond donors (Lipinski definition) is 2. The molecule has 0 saturated carbocycles. The van der Waals surface area contributed by atoms with Gasteiger partial charge in [-0.2, -0.15) is 0 Å². The normalized spacial score (nSPS) is 19.2. The minimum absolute atomic E-state index is 0. The first-order valence-electron chi connectivity index (χ1n) is 10.1. The lowest BCUT2D eigenvalue weighted by Gasteiger charge is -2.35. The molecule has 0 aliphatic carbocycles. The Morgan fingerprint density at radius 3 is 2.64 bits per heavy atom. The van der Waals surface area contributed by atoms with Crippen LogP contribution in [0.2, 0.25) is 0 Å². The van der Waals surface area contributed by atoms with E-state index in [1.165, 1.54) is 24.0 Å². The maximum atomic E-state index is 12.4. The molecule has 0 aromatic heterocycles. The van der Waals surface area contributed by atoms with Crippen molar-refractivity contribution in [3.63, 3.8) is 0 Å². The van der Waals surface area contributed by atoms with Crippen LogP contribution in [-0.4, -0.2) is 56.7 Å². The zero-order valence-electron chi connectivity index (χ0n) is 16.8. The molecule has 28 heavy (non-hydrogen) atoms. The molecule has 1 atom stereocenters. The van der Waals surface area contributed by atoms with E-state index in [0.717, 1.165) is 45.8 Å². The Kier molecular flexibility index (Phi) is 12.0. The summed E-state index contributed by atoms with van der Waals surface area (Å²) in [5.74, 6) is 0.892. The molecule has 5 nitrogen and oxygen atoms in total. The van der Waals surface area contributed by atoms with Crippen molar-refractivity contribution in [2.24, 2.45) is 5.92 Å². The average Bonchev–Trinajstić information content (AvgIpc) is 2.68. The number of carbonyl (C=O) groups is 1. The number of piperidine rings is 1. The lowest BCUT2D eigenvalue weighted by atomic mass is 9.93. The molecule has 2 N–H and O–H groups in total. The number of hydrogen-bond acceptors (Lipinski definition) is 4. The quantitative estimate of drug-likeness (QED) is 0.696. The summed E-state index contributed by atoms with van der Waals surface area (Å²) in [6.07, 6.45) is 4.06. The summed E-state index contributed by atoms with van der Waals surface area (Å²) in [6, 6.07) is 8.87. The van der Waals surface area contributed by atoms with Gasteiger partial charge in [0.15, 0.2) is 0 Å². The molecule has 2 fully saturated rings. The van der Waals surface area contributed by atoms with Crippen LogP contribution in [0.15, 0.2) is 24.3 Å². The fourth-order valence-electron chi connectivity index (χ4n) is 4.03. The Morgan fingerprint density at radius 2 is 1.96 bits per heavy atom. The molecule has 7 heteroatoms. The second kappa shape index (κ2) is 13.4. The molecule has 1 amide bonds. The van der Waals surface area contributed by atoms with Crippen LogP contribution >= 0.6 is 24.8 Å². The molecule has 1 aromatic carbocycles. The van der Waals surface area contributed by atoms with Crippen LogP contribution in [0.1, 0.15) is 42.9 Å². The Morgan fingerprint density at radius 1 is 1.25 bits per heavy atom. The fourth-order valence-corrected chi connectivity index (χ4v) is 4.03. The number of aryl methyl sites for hydroxylation is 1. The maximum absolute atomic E-state index is 12.4. The number of carbonyl (C=O) groups excluding carboxylic acids is 1. The van der Waals surface area contributed by atoms with Crippen molar-refractivity contribution in [2.75, 3.05) is 45.9 Å². The van der Waals surface area contributed by atoms with Gasteiger partial charge in [0.1, 0.15) is 0 Å². The molecule has 160 valence electrons. The van der Waals surface area contributed by atoms with Crippen molar-refractivity contribution in [1.82, 2.24) is 15.5 Å². The summed E-state index contributed by atoms with van der Waals surface area (Å²) in [4.78, 5) is 14.8. The van der Waals surface area contributed by atoms with Crippen LogP contribution in [0.25, 0.3) is 0 Å². The minimum atomic E-state index is 0. The van der Waals surface area contributed by atoms with Crippen molar-refractivity contribution in [3.8, 4) is 0 Å². The summed E-state index contributed by atoms with van der Waals surface area (Å²) in [5.41, 5.74) is 2.54. The van der Waals surface area contributed by atoms with E-state index in [4.69, 9.17) is 4.74 Å². The van der Waals surface area contributed by atoms with Gasteiger partial charge in [0.05, 0.1) is 19.3 Å². The largest absolute Gasteiger partial charge is 0.379 e. The monoisotopic (exact) mass is 431 g/mol. The number of amides is 1. The Balaban J connectivity index is 0.00000196. The van der Waals surface area contributed by atoms with Gasteiger partial charge in [0.25, 0.3) is 0 Å². The first-order chi connectivity index (χ1) is 12.7. The second-order valence-corrected chi connectivity index (χ2v) is 7.61. The van der Waals surface area contributed by atoms with Crippen molar-refractivity contribution in [1.29, 1.82) is 0 Å². The number of benzene rings is 1. The number of rotatable bonds is 7. The number of nitrogens with zero attached hydrogens (tertiary/aromatic N) is 1. The van der Waals surface area contributed by atoms with E-state index in [1.54, 1.807) is 0 Å². The zero-order valence-corrected chi connectivity index (χ0v) is 18.5. The molecular weight excluding hydrogens is 397 g/mol. The smallest absolute Gasteiger partial charge is 0.220 e. The third kappa shape index (κ3) is 7.88. The third-order valence-electron chi connectivity index (χ3n) is 5.64. The van der Waals surface area contributed by atoms with E-state index in [-0.39, 0.29) is 36.8 Å². The number of ether oxygens (including phenoxy) is 1. The van der Waals surface area contributed by atoms with E-state index < -0.39 is 0 Å². The minimum Gasteiger partial charge on any atom is -0.379 e. The summed E-state index contributed by atoms with van der Waals surface area (Å²) in [7, 11) is 0. The summed E-state index contributed by atoms with van der Waals surface area (Å²) < 4.78 is 5.51. The van der Waals surface area contributed by atoms with E-state index in [1.807, 2.05) is 0 Å². The molecule has 3 rings (SSSR count). The molecule has 2 aliphatic rings. The van der Waals surface area contributed by atoms with Gasteiger partial charge in [0, 0.05) is 26.1 Å². The highest BCUT2D eigenvalue weighted by Gasteiger charge is 2.23. The predicted octanol–water partition coefficient (Wildman–Crippen LogP) is 3.11. The van der Waals surface area contributed by atoms with Crippen molar-refractivity contribution < 1.29 is 9.53 Å². The van der Waals surface area contributed by atoms with Gasteiger partial charge >= 0.3 is 0 Å². The van der Waals surface area contributed by atoms with E-state index in [0.29, 0.717) is 18.9 Å². The highest BCUT2D eigenvalue weighted by Crippen LogP contribution is 2.22. The molecule has 2 aliphatic heterocycles. The fraction of sp³-hybridized carbons (Fsp3) is 0.667. The topological polar surface area (TPSA) is 53.6 Å². The summed E-state index contributed by atoms with van der Waals surface area (Å²) in [5, 5.41) is 6.59. The second-order valence-electron chi connectivity index (χ2n) is 7.61. The SMILES string of the molecule is Cc1cccc(C(CNC(=O)CCC2CCNCC2)N2CCOCC2)c1.Cl.Cl. The van der Waals surface area contributed by atoms with Crippen molar-refractivity contribution in [2.45, 2.75) is 38.6 Å². The van der Waals surface area contributed by atoms with Gasteiger partial charge in [-0.15, -0.1) is 24.8 Å². The molecule has 0 bridgehead atoms. The van der Waals surface area contributed by atoms with Crippen LogP contribution in [0, 0.1) is 12.8 Å². The Hall–Kier alpha value is -0.850. The zero-order chi connectivity index (χ0) is 18.2. The molecule has 0 spiro atoms. The van der Waals surface area contributed by atoms with Crippen LogP contribution in [0.3, 0.4) is 0 Å². The lowest BCUT2D eigenvalue weighted by molar-refractivity contribution is -0.121. The van der Waals surface area contributed by atoms with Gasteiger partial charge in [0.2, 0.25) is 5.91 Å². The highest BCUT2D eigenvalue weighted by atomic mass is 35.5. The third-order valence-corrected chi connectivity index (χ3v) is 5.64. The van der Waals surface area contributed by atoms with Crippen LogP contribution in [0.4, 0.5) is 0 Å². The van der Waals surface area contributed by atoms with Gasteiger partial charge in [-0.3, -0.25) is 9.69 Å². The maximum Gasteiger partial charge on any atom is 0.220 e. The molecule has 0 radical (unpaired) electrons. The predicted molar refractivity (Wildman–Crippen MR) is 119 cm³/mol. The van der Waals surface area contributed by atoms with Crippen molar-refractivity contribution in [3.05, 3.63) is 35.4 Å². The molecule has 1 aromatic rings. The van der Waals surface area contributed by atoms with Crippen LogP contribution in [-0.2, 0) is 9.53 Å². The van der Waals surface area contributed by atoms with Crippen LogP contribution in [0.5, 0.6) is 0 Å². The Bertz CT molecular complexity index is 577. The first kappa shape index (κ1) is 25.2. The molecular formula is C21H35Cl2N3O2. The van der Waals surface area contributed by atoms with Gasteiger partial charge in [-0.1, -0.05) is 29.8 Å². The van der Waals surface area contributed by atoms with E-state index >= 15 is 0 Å². The Labute approximate surface area is 181 Å². The van der Waals surface area contributed by atoms with E-state index in [2.05, 4.69) is 46.7 Å². The van der Waals surface area contributed by atoms with Gasteiger partial charge in [-0.25, -0.2) is 0 Å². The summed E-state index contributed by atoms with van der Waals surface area (Å²) in [6.45, 7) is 8.37. The average molecular weight is 432 g/mol. The van der Waals surface area contributed by atoms with Crippen molar-refractivity contribution >= 4 is 30.7 Å². The molecule has 1 unspecified atom stereocenters. The number of nitrogens with one attached hydrogen (secondary N) is 2. The lowest BCUT2D eigenvalue weighted by Crippen LogP contribution is -2.43. The van der Waals surface area contributed by atoms with Gasteiger partial charge < -0.3 is 15.4 Å². The number of morpholine rings is 1. The number of halogens is 2. The van der Waals surface area contributed by atoms with Crippen LogP contribution < -0.4 is 10.6 Å². The standard InChI is InChI=1S/C21H33N3O2.2ClH/c1-17-3-2-4-19(15-17)20(24-11-13-26-14-12-24)16-23-21(25)6-5-18-7-9-22-10-8-18;;/h2-4,15,18,20,22H,5-14,16H2,1H3,(H,23,25);2*1H. The van der Waals surface area contributed by atoms with E-state index in [9.17, 15) is 4.79 Å². The molecule has 2 heterocycles. The first-order valence-corrected chi connectivity index (χ1v) is 10.1.